The predicted octanol–water partition coefficient (Wildman–Crippen LogP) is 2.93. The van der Waals surface area contributed by atoms with E-state index in [0.717, 1.165) is 15.7 Å². The predicted molar refractivity (Wildman–Crippen MR) is 130 cm³/mol. The number of nitrogens with zero attached hydrogens (tertiary/aromatic N) is 2. The Hall–Kier alpha value is -4.53. The number of rotatable bonds is 8. The van der Waals surface area contributed by atoms with E-state index in [9.17, 15) is 24.0 Å². The maximum Gasteiger partial charge on any atom is 0.321 e. The second-order valence-corrected chi connectivity index (χ2v) is 8.30. The number of fused-ring (bicyclic) bond motifs is 2. The molecule has 1 aliphatic heterocycles. The molecule has 3 aromatic carbocycles. The van der Waals surface area contributed by atoms with Crippen molar-refractivity contribution in [3.63, 3.8) is 0 Å². The van der Waals surface area contributed by atoms with Crippen molar-refractivity contribution in [1.82, 2.24) is 9.80 Å². The highest BCUT2D eigenvalue weighted by Gasteiger charge is 2.43. The van der Waals surface area contributed by atoms with Gasteiger partial charge in [-0.15, -0.1) is 0 Å². The second kappa shape index (κ2) is 9.76. The summed E-state index contributed by atoms with van der Waals surface area (Å²) in [5.41, 5.74) is 6.79. The van der Waals surface area contributed by atoms with E-state index in [-0.39, 0.29) is 30.5 Å². The van der Waals surface area contributed by atoms with Crippen molar-refractivity contribution in [3.05, 3.63) is 77.4 Å². The van der Waals surface area contributed by atoms with E-state index >= 15 is 0 Å². The molecule has 0 aliphatic carbocycles. The molecule has 1 unspecified atom stereocenters. The minimum Gasteiger partial charge on any atom is -0.368 e. The smallest absolute Gasteiger partial charge is 0.321 e. The molecule has 3 aromatic rings. The van der Waals surface area contributed by atoms with Crippen LogP contribution >= 0.6 is 0 Å². The van der Waals surface area contributed by atoms with Crippen LogP contribution in [0.5, 0.6) is 0 Å². The molecule has 0 fully saturated rings. The molecule has 3 N–H and O–H groups in total. The molecule has 0 saturated heterocycles. The molecule has 35 heavy (non-hydrogen) atoms. The quantitative estimate of drug-likeness (QED) is 0.385. The Morgan fingerprint density at radius 3 is 2.49 bits per heavy atom. The number of aldehydes is 1. The molecule has 1 heterocycles. The average Bonchev–Trinajstić information content (AvgIpc) is 3.10. The fourth-order valence-corrected chi connectivity index (χ4v) is 4.29. The summed E-state index contributed by atoms with van der Waals surface area (Å²) in [4.78, 5) is 64.1. The number of amides is 5. The molecule has 5 amide bonds. The largest absolute Gasteiger partial charge is 0.368 e. The summed E-state index contributed by atoms with van der Waals surface area (Å²) in [6.07, 6.45) is 0.529. The zero-order valence-electron chi connectivity index (χ0n) is 19.1. The van der Waals surface area contributed by atoms with Gasteiger partial charge in [0.05, 0.1) is 16.8 Å². The number of nitrogens with one attached hydrogen (secondary N) is 1. The summed E-state index contributed by atoms with van der Waals surface area (Å²) >= 11 is 0. The van der Waals surface area contributed by atoms with Gasteiger partial charge in [0, 0.05) is 25.4 Å². The first kappa shape index (κ1) is 23.6. The van der Waals surface area contributed by atoms with Crippen LogP contribution in [0.2, 0.25) is 0 Å². The highest BCUT2D eigenvalue weighted by Crippen LogP contribution is 2.30. The molecule has 1 aliphatic rings. The number of imide groups is 1. The van der Waals surface area contributed by atoms with E-state index in [1.165, 1.54) is 11.0 Å². The van der Waals surface area contributed by atoms with Gasteiger partial charge in [-0.1, -0.05) is 48.5 Å². The van der Waals surface area contributed by atoms with Gasteiger partial charge < -0.3 is 20.7 Å². The first-order chi connectivity index (χ1) is 16.8. The second-order valence-electron chi connectivity index (χ2n) is 8.30. The van der Waals surface area contributed by atoms with Gasteiger partial charge in [-0.05, 0) is 29.5 Å². The topological polar surface area (TPSA) is 130 Å². The van der Waals surface area contributed by atoms with Crippen LogP contribution in [0.25, 0.3) is 10.8 Å². The maximum absolute atomic E-state index is 13.2. The van der Waals surface area contributed by atoms with Crippen molar-refractivity contribution in [2.75, 3.05) is 12.4 Å². The monoisotopic (exact) mass is 472 g/mol. The summed E-state index contributed by atoms with van der Waals surface area (Å²) in [7, 11) is 1.58. The zero-order chi connectivity index (χ0) is 25.1. The number of primary amides is 1. The molecule has 9 nitrogen and oxygen atoms in total. The number of anilines is 1. The molecular weight excluding hydrogens is 448 g/mol. The van der Waals surface area contributed by atoms with Crippen molar-refractivity contribution in [2.45, 2.75) is 25.4 Å². The zero-order valence-corrected chi connectivity index (χ0v) is 19.1. The van der Waals surface area contributed by atoms with Gasteiger partial charge in [0.2, 0.25) is 5.91 Å². The number of hydrogen-bond donors (Lipinski definition) is 2. The highest BCUT2D eigenvalue weighted by atomic mass is 16.2. The number of benzene rings is 3. The molecule has 0 radical (unpaired) electrons. The molecule has 0 aromatic heterocycles. The summed E-state index contributed by atoms with van der Waals surface area (Å²) in [6, 6.07) is 16.4. The van der Waals surface area contributed by atoms with Gasteiger partial charge in [0.25, 0.3) is 11.8 Å². The summed E-state index contributed by atoms with van der Waals surface area (Å²) in [5, 5.41) is 4.76. The fraction of sp³-hybridized carbons (Fsp3) is 0.192. The van der Waals surface area contributed by atoms with E-state index in [1.807, 2.05) is 36.4 Å². The van der Waals surface area contributed by atoms with Crippen LogP contribution in [0.3, 0.4) is 0 Å². The number of carbonyl (C=O) groups excluding carboxylic acids is 5. The highest BCUT2D eigenvalue weighted by molar-refractivity contribution is 6.23. The lowest BCUT2D eigenvalue weighted by molar-refractivity contribution is -0.122. The van der Waals surface area contributed by atoms with Crippen LogP contribution in [-0.4, -0.2) is 52.9 Å². The van der Waals surface area contributed by atoms with Crippen LogP contribution in [0.4, 0.5) is 10.5 Å². The van der Waals surface area contributed by atoms with Gasteiger partial charge in [0.15, 0.2) is 0 Å². The summed E-state index contributed by atoms with van der Waals surface area (Å²) < 4.78 is 0. The molecule has 0 bridgehead atoms. The van der Waals surface area contributed by atoms with Gasteiger partial charge in [-0.25, -0.2) is 4.79 Å². The van der Waals surface area contributed by atoms with Gasteiger partial charge >= 0.3 is 6.03 Å². The summed E-state index contributed by atoms with van der Waals surface area (Å²) in [5.74, 6) is -2.18. The number of urea groups is 1. The number of hydrogen-bond acceptors (Lipinski definition) is 5. The van der Waals surface area contributed by atoms with E-state index in [4.69, 9.17) is 5.73 Å². The molecule has 178 valence electrons. The molecule has 0 spiro atoms. The Labute approximate surface area is 201 Å². The van der Waals surface area contributed by atoms with Crippen molar-refractivity contribution in [3.8, 4) is 0 Å². The number of carbonyl (C=O) groups is 5. The standard InChI is InChI=1S/C26H24N4O5/c1-29(26(35)28-20-12-5-8-16-7-2-3-10-18(16)20)15-17-9-4-11-19-22(17)25(34)30(24(19)33)21(23(27)32)13-6-14-31/h2-5,7-12,14,21H,6,13,15H2,1H3,(H2,27,32)(H,28,35). The first-order valence-corrected chi connectivity index (χ1v) is 11.1. The van der Waals surface area contributed by atoms with E-state index < -0.39 is 29.8 Å². The molecule has 1 atom stereocenters. The molecule has 9 heteroatoms. The maximum atomic E-state index is 13.2. The number of nitrogens with two attached hydrogens (primary N) is 1. The normalized spacial score (nSPS) is 13.5. The van der Waals surface area contributed by atoms with Gasteiger partial charge in [0.1, 0.15) is 12.3 Å². The molecule has 0 saturated carbocycles. The average molecular weight is 473 g/mol. The SMILES string of the molecule is CN(Cc1cccc2c1C(=O)N(C(CCC=O)C(N)=O)C2=O)C(=O)Nc1cccc2ccccc12. The lowest BCUT2D eigenvalue weighted by Crippen LogP contribution is -2.47. The third-order valence-corrected chi connectivity index (χ3v) is 6.02. The van der Waals surface area contributed by atoms with Crippen molar-refractivity contribution in [2.24, 2.45) is 5.73 Å². The van der Waals surface area contributed by atoms with Crippen LogP contribution in [0.15, 0.2) is 60.7 Å². The fourth-order valence-electron chi connectivity index (χ4n) is 4.29. The Morgan fingerprint density at radius 2 is 1.74 bits per heavy atom. The lowest BCUT2D eigenvalue weighted by atomic mass is 10.0. The van der Waals surface area contributed by atoms with Crippen molar-refractivity contribution >= 4 is 46.5 Å². The van der Waals surface area contributed by atoms with E-state index in [0.29, 0.717) is 17.5 Å². The minimum absolute atomic E-state index is 0.0229. The Morgan fingerprint density at radius 1 is 1.03 bits per heavy atom. The van der Waals surface area contributed by atoms with Crippen molar-refractivity contribution < 1.29 is 24.0 Å². The van der Waals surface area contributed by atoms with Crippen LogP contribution in [-0.2, 0) is 16.1 Å². The Balaban J connectivity index is 1.57. The lowest BCUT2D eigenvalue weighted by Gasteiger charge is -2.23. The molecular formula is C26H24N4O5. The minimum atomic E-state index is -1.23. The Kier molecular flexibility index (Phi) is 6.59. The third kappa shape index (κ3) is 4.48. The van der Waals surface area contributed by atoms with E-state index in [1.54, 1.807) is 25.2 Å². The first-order valence-electron chi connectivity index (χ1n) is 11.1. The molecule has 4 rings (SSSR count). The van der Waals surface area contributed by atoms with Crippen LogP contribution in [0.1, 0.15) is 39.1 Å². The van der Waals surface area contributed by atoms with Gasteiger partial charge in [-0.3, -0.25) is 19.3 Å². The third-order valence-electron chi connectivity index (χ3n) is 6.02. The Bertz CT molecular complexity index is 1350. The van der Waals surface area contributed by atoms with Crippen LogP contribution in [0, 0.1) is 0 Å². The van der Waals surface area contributed by atoms with Crippen LogP contribution < -0.4 is 11.1 Å². The van der Waals surface area contributed by atoms with E-state index in [2.05, 4.69) is 5.32 Å². The summed E-state index contributed by atoms with van der Waals surface area (Å²) in [6.45, 7) is 0.0439. The van der Waals surface area contributed by atoms with Crippen molar-refractivity contribution in [1.29, 1.82) is 0 Å². The van der Waals surface area contributed by atoms with Gasteiger partial charge in [-0.2, -0.15) is 0 Å².